The number of nitrogens with one attached hydrogen (secondary N) is 2. The van der Waals surface area contributed by atoms with Crippen molar-refractivity contribution < 1.29 is 17.9 Å². The van der Waals surface area contributed by atoms with E-state index >= 15 is 0 Å². The Balaban J connectivity index is 0.00000324. The summed E-state index contributed by atoms with van der Waals surface area (Å²) in [6, 6.07) is 5.57. The molecule has 1 rings (SSSR count). The second-order valence-corrected chi connectivity index (χ2v) is 5.28. The molecule has 0 fully saturated rings. The van der Waals surface area contributed by atoms with E-state index in [-0.39, 0.29) is 17.3 Å². The first kappa shape index (κ1) is 17.8. The van der Waals surface area contributed by atoms with Crippen molar-refractivity contribution >= 4 is 28.4 Å². The third-order valence-electron chi connectivity index (χ3n) is 2.25. The van der Waals surface area contributed by atoms with Crippen LogP contribution in [0.5, 0.6) is 0 Å². The van der Waals surface area contributed by atoms with Gasteiger partial charge in [-0.1, -0.05) is 0 Å². The van der Waals surface area contributed by atoms with Crippen LogP contribution >= 0.6 is 12.4 Å². The summed E-state index contributed by atoms with van der Waals surface area (Å²) in [6.07, 6.45) is 0. The first-order valence-electron chi connectivity index (χ1n) is 5.34. The van der Waals surface area contributed by atoms with Crippen LogP contribution in [-0.4, -0.2) is 41.6 Å². The average molecular weight is 309 g/mol. The van der Waals surface area contributed by atoms with Crippen molar-refractivity contribution in [2.45, 2.75) is 4.90 Å². The van der Waals surface area contributed by atoms with Gasteiger partial charge in [-0.05, 0) is 31.3 Å². The summed E-state index contributed by atoms with van der Waals surface area (Å²) in [4.78, 5) is 11.3. The Morgan fingerprint density at radius 3 is 2.26 bits per heavy atom. The SMILES string of the molecule is CNCCNS(=O)(=O)c1ccc(C(=O)OC)cc1.Cl. The molecule has 0 saturated heterocycles. The summed E-state index contributed by atoms with van der Waals surface area (Å²) >= 11 is 0. The monoisotopic (exact) mass is 308 g/mol. The number of carbonyl (C=O) groups excluding carboxylic acids is 1. The van der Waals surface area contributed by atoms with E-state index in [4.69, 9.17) is 0 Å². The van der Waals surface area contributed by atoms with Crippen molar-refractivity contribution in [3.8, 4) is 0 Å². The third kappa shape index (κ3) is 5.15. The molecule has 0 saturated carbocycles. The Kier molecular flexibility index (Phi) is 7.62. The molecule has 0 bridgehead atoms. The highest BCUT2D eigenvalue weighted by atomic mass is 35.5. The molecule has 0 heterocycles. The summed E-state index contributed by atoms with van der Waals surface area (Å²) in [5.41, 5.74) is 0.312. The summed E-state index contributed by atoms with van der Waals surface area (Å²) in [5.74, 6) is -0.498. The van der Waals surface area contributed by atoms with Crippen LogP contribution in [0.2, 0.25) is 0 Å². The van der Waals surface area contributed by atoms with E-state index in [1.807, 2.05) is 0 Å². The number of halogens is 1. The summed E-state index contributed by atoms with van der Waals surface area (Å²) < 4.78 is 30.6. The molecule has 0 aromatic heterocycles. The zero-order valence-corrected chi connectivity index (χ0v) is 12.3. The predicted octanol–water partition coefficient (Wildman–Crippen LogP) is 0.393. The molecule has 0 radical (unpaired) electrons. The lowest BCUT2D eigenvalue weighted by atomic mass is 10.2. The second kappa shape index (κ2) is 8.11. The smallest absolute Gasteiger partial charge is 0.337 e. The summed E-state index contributed by atoms with van der Waals surface area (Å²) in [6.45, 7) is 0.844. The molecule has 0 aliphatic rings. The van der Waals surface area contributed by atoms with Crippen molar-refractivity contribution in [2.75, 3.05) is 27.2 Å². The van der Waals surface area contributed by atoms with E-state index in [0.717, 1.165) is 0 Å². The summed E-state index contributed by atoms with van der Waals surface area (Å²) in [7, 11) is -0.518. The fraction of sp³-hybridized carbons (Fsp3) is 0.364. The quantitative estimate of drug-likeness (QED) is 0.587. The molecular weight excluding hydrogens is 292 g/mol. The Labute approximate surface area is 119 Å². The molecule has 0 aliphatic carbocycles. The van der Waals surface area contributed by atoms with Crippen LogP contribution in [0.4, 0.5) is 0 Å². The number of ether oxygens (including phenoxy) is 1. The van der Waals surface area contributed by atoms with Gasteiger partial charge in [0.2, 0.25) is 10.0 Å². The maximum atomic E-state index is 11.8. The summed E-state index contributed by atoms with van der Waals surface area (Å²) in [5, 5.41) is 2.84. The molecule has 2 N–H and O–H groups in total. The van der Waals surface area contributed by atoms with Gasteiger partial charge in [0, 0.05) is 13.1 Å². The van der Waals surface area contributed by atoms with Crippen molar-refractivity contribution in [1.29, 1.82) is 0 Å². The zero-order valence-electron chi connectivity index (χ0n) is 10.7. The number of methoxy groups -OCH3 is 1. The lowest BCUT2D eigenvalue weighted by Gasteiger charge is -2.06. The van der Waals surface area contributed by atoms with Crippen molar-refractivity contribution in [3.05, 3.63) is 29.8 Å². The normalized spacial score (nSPS) is 10.6. The highest BCUT2D eigenvalue weighted by Crippen LogP contribution is 2.10. The Morgan fingerprint density at radius 2 is 1.79 bits per heavy atom. The van der Waals surface area contributed by atoms with Gasteiger partial charge in [0.1, 0.15) is 0 Å². The van der Waals surface area contributed by atoms with Crippen LogP contribution in [0, 0.1) is 0 Å². The highest BCUT2D eigenvalue weighted by Gasteiger charge is 2.14. The zero-order chi connectivity index (χ0) is 13.6. The molecule has 1 aromatic carbocycles. The minimum absolute atomic E-state index is 0. The van der Waals surface area contributed by atoms with E-state index in [0.29, 0.717) is 18.7 Å². The van der Waals surface area contributed by atoms with Gasteiger partial charge < -0.3 is 10.1 Å². The number of hydrogen-bond donors (Lipinski definition) is 2. The third-order valence-corrected chi connectivity index (χ3v) is 3.73. The van der Waals surface area contributed by atoms with E-state index in [1.54, 1.807) is 7.05 Å². The minimum atomic E-state index is -3.52. The Bertz CT molecular complexity index is 502. The number of benzene rings is 1. The van der Waals surface area contributed by atoms with E-state index < -0.39 is 16.0 Å². The van der Waals surface area contributed by atoms with E-state index in [9.17, 15) is 13.2 Å². The number of likely N-dealkylation sites (N-methyl/N-ethyl adjacent to an activating group) is 1. The molecule has 108 valence electrons. The number of esters is 1. The first-order valence-corrected chi connectivity index (χ1v) is 6.82. The fourth-order valence-corrected chi connectivity index (χ4v) is 2.31. The first-order chi connectivity index (χ1) is 8.51. The number of sulfonamides is 1. The van der Waals surface area contributed by atoms with Gasteiger partial charge in [-0.15, -0.1) is 12.4 Å². The fourth-order valence-electron chi connectivity index (χ4n) is 1.28. The van der Waals surface area contributed by atoms with Gasteiger partial charge >= 0.3 is 5.97 Å². The van der Waals surface area contributed by atoms with Crippen LogP contribution in [0.15, 0.2) is 29.2 Å². The highest BCUT2D eigenvalue weighted by molar-refractivity contribution is 7.89. The average Bonchev–Trinajstić information content (AvgIpc) is 2.38. The number of hydrogen-bond acceptors (Lipinski definition) is 5. The predicted molar refractivity (Wildman–Crippen MR) is 74.1 cm³/mol. The van der Waals surface area contributed by atoms with Gasteiger partial charge in [0.25, 0.3) is 0 Å². The van der Waals surface area contributed by atoms with E-state index in [1.165, 1.54) is 31.4 Å². The standard InChI is InChI=1S/C11H16N2O4S.ClH/c1-12-7-8-13-18(15,16)10-5-3-9(4-6-10)11(14)17-2;/h3-6,12-13H,7-8H2,1-2H3;1H. The van der Waals surface area contributed by atoms with Gasteiger partial charge in [-0.3, -0.25) is 0 Å². The Morgan fingerprint density at radius 1 is 1.21 bits per heavy atom. The molecule has 0 unspecified atom stereocenters. The van der Waals surface area contributed by atoms with Crippen LogP contribution in [0.25, 0.3) is 0 Å². The maximum absolute atomic E-state index is 11.8. The topological polar surface area (TPSA) is 84.5 Å². The molecule has 0 amide bonds. The molecule has 6 nitrogen and oxygen atoms in total. The van der Waals surface area contributed by atoms with Crippen LogP contribution in [0.3, 0.4) is 0 Å². The Hall–Kier alpha value is -1.15. The van der Waals surface area contributed by atoms with Gasteiger partial charge in [-0.25, -0.2) is 17.9 Å². The van der Waals surface area contributed by atoms with Gasteiger partial charge in [-0.2, -0.15) is 0 Å². The lowest BCUT2D eigenvalue weighted by molar-refractivity contribution is 0.0600. The molecule has 8 heteroatoms. The number of rotatable bonds is 6. The minimum Gasteiger partial charge on any atom is -0.465 e. The number of carbonyl (C=O) groups is 1. The van der Waals surface area contributed by atoms with Crippen LogP contribution < -0.4 is 10.0 Å². The van der Waals surface area contributed by atoms with Gasteiger partial charge in [0.05, 0.1) is 17.6 Å². The van der Waals surface area contributed by atoms with Crippen LogP contribution in [0.1, 0.15) is 10.4 Å². The maximum Gasteiger partial charge on any atom is 0.337 e. The largest absolute Gasteiger partial charge is 0.465 e. The molecule has 0 aliphatic heterocycles. The molecule has 19 heavy (non-hydrogen) atoms. The second-order valence-electron chi connectivity index (χ2n) is 3.52. The molecule has 0 spiro atoms. The lowest BCUT2D eigenvalue weighted by Crippen LogP contribution is -2.30. The van der Waals surface area contributed by atoms with E-state index in [2.05, 4.69) is 14.8 Å². The van der Waals surface area contributed by atoms with Gasteiger partial charge in [0.15, 0.2) is 0 Å². The van der Waals surface area contributed by atoms with Crippen molar-refractivity contribution in [2.24, 2.45) is 0 Å². The van der Waals surface area contributed by atoms with Crippen molar-refractivity contribution in [3.63, 3.8) is 0 Å². The molecular formula is C11H17ClN2O4S. The molecule has 1 aromatic rings. The van der Waals surface area contributed by atoms with Crippen molar-refractivity contribution in [1.82, 2.24) is 10.0 Å². The van der Waals surface area contributed by atoms with Crippen LogP contribution in [-0.2, 0) is 14.8 Å². The molecule has 0 atom stereocenters.